The smallest absolute Gasteiger partial charge is 0.316 e. The van der Waals surface area contributed by atoms with Crippen molar-refractivity contribution >= 4 is 5.82 Å². The van der Waals surface area contributed by atoms with Crippen LogP contribution < -0.4 is 9.64 Å². The van der Waals surface area contributed by atoms with Gasteiger partial charge in [0.05, 0.1) is 6.54 Å². The third kappa shape index (κ3) is 3.75. The second kappa shape index (κ2) is 6.10. The molecule has 2 aromatic heterocycles. The van der Waals surface area contributed by atoms with Crippen LogP contribution in [0.1, 0.15) is 38.6 Å². The summed E-state index contributed by atoms with van der Waals surface area (Å²) in [7, 11) is 0. The predicted octanol–water partition coefficient (Wildman–Crippen LogP) is 2.53. The zero-order valence-electron chi connectivity index (χ0n) is 14.2. The zero-order valence-corrected chi connectivity index (χ0v) is 14.2. The zero-order chi connectivity index (χ0) is 16.4. The highest BCUT2D eigenvalue weighted by Crippen LogP contribution is 2.24. The Kier molecular flexibility index (Phi) is 4.15. The van der Waals surface area contributed by atoms with Crippen LogP contribution in [0.5, 0.6) is 6.01 Å². The van der Waals surface area contributed by atoms with Crippen molar-refractivity contribution in [1.29, 1.82) is 0 Å². The van der Waals surface area contributed by atoms with Crippen molar-refractivity contribution in [3.05, 3.63) is 36.0 Å². The van der Waals surface area contributed by atoms with E-state index in [2.05, 4.69) is 40.6 Å². The van der Waals surface area contributed by atoms with Crippen molar-refractivity contribution in [3.8, 4) is 6.01 Å². The van der Waals surface area contributed by atoms with Gasteiger partial charge in [0.15, 0.2) is 0 Å². The van der Waals surface area contributed by atoms with Gasteiger partial charge in [-0.25, -0.2) is 19.9 Å². The average Bonchev–Trinajstić information content (AvgIpc) is 2.97. The van der Waals surface area contributed by atoms with E-state index in [1.165, 1.54) is 0 Å². The third-order valence-corrected chi connectivity index (χ3v) is 3.81. The van der Waals surface area contributed by atoms with Crippen molar-refractivity contribution in [2.75, 3.05) is 18.0 Å². The lowest BCUT2D eigenvalue weighted by Gasteiger charge is -2.21. The maximum Gasteiger partial charge on any atom is 0.316 e. The van der Waals surface area contributed by atoms with Gasteiger partial charge in [0.2, 0.25) is 0 Å². The van der Waals surface area contributed by atoms with Crippen LogP contribution in [-0.2, 0) is 5.41 Å². The van der Waals surface area contributed by atoms with Gasteiger partial charge in [-0.1, -0.05) is 20.8 Å². The molecule has 0 saturated carbocycles. The Morgan fingerprint density at radius 1 is 1.17 bits per heavy atom. The molecule has 2 aromatic rings. The van der Waals surface area contributed by atoms with Crippen LogP contribution in [0, 0.1) is 6.92 Å². The second-order valence-corrected chi connectivity index (χ2v) is 7.01. The van der Waals surface area contributed by atoms with E-state index in [0.717, 1.165) is 36.7 Å². The van der Waals surface area contributed by atoms with Gasteiger partial charge in [0.25, 0.3) is 0 Å². The summed E-state index contributed by atoms with van der Waals surface area (Å²) in [6.07, 6.45) is 6.40. The first-order valence-electron chi connectivity index (χ1n) is 7.95. The average molecular weight is 313 g/mol. The molecule has 1 saturated heterocycles. The Balaban J connectivity index is 1.66. The molecule has 1 unspecified atom stereocenters. The summed E-state index contributed by atoms with van der Waals surface area (Å²) in [4.78, 5) is 19.7. The molecule has 1 aliphatic heterocycles. The lowest BCUT2D eigenvalue weighted by atomic mass is 9.96. The van der Waals surface area contributed by atoms with Crippen molar-refractivity contribution in [2.24, 2.45) is 0 Å². The maximum absolute atomic E-state index is 5.87. The van der Waals surface area contributed by atoms with E-state index in [-0.39, 0.29) is 11.5 Å². The number of ether oxygens (including phenoxy) is 1. The Morgan fingerprint density at radius 2 is 1.91 bits per heavy atom. The minimum atomic E-state index is -0.0542. The van der Waals surface area contributed by atoms with E-state index in [1.54, 1.807) is 12.4 Å². The predicted molar refractivity (Wildman–Crippen MR) is 88.7 cm³/mol. The summed E-state index contributed by atoms with van der Waals surface area (Å²) in [5.74, 6) is 1.82. The Labute approximate surface area is 137 Å². The third-order valence-electron chi connectivity index (χ3n) is 3.81. The van der Waals surface area contributed by atoms with Crippen molar-refractivity contribution in [3.63, 3.8) is 0 Å². The maximum atomic E-state index is 5.87. The van der Waals surface area contributed by atoms with Gasteiger partial charge in [0.1, 0.15) is 17.7 Å². The summed E-state index contributed by atoms with van der Waals surface area (Å²) in [5.41, 5.74) is 0.975. The first-order chi connectivity index (χ1) is 10.9. The molecular formula is C17H23N5O. The molecule has 0 aromatic carbocycles. The topological polar surface area (TPSA) is 64.0 Å². The molecule has 0 radical (unpaired) electrons. The van der Waals surface area contributed by atoms with Crippen molar-refractivity contribution < 1.29 is 4.74 Å². The molecule has 1 fully saturated rings. The van der Waals surface area contributed by atoms with Crippen LogP contribution in [0.3, 0.4) is 0 Å². The lowest BCUT2D eigenvalue weighted by Crippen LogP contribution is -2.27. The summed E-state index contributed by atoms with van der Waals surface area (Å²) in [6.45, 7) is 10.0. The molecule has 3 heterocycles. The molecule has 1 aliphatic rings. The van der Waals surface area contributed by atoms with Crippen molar-refractivity contribution in [2.45, 2.75) is 45.6 Å². The van der Waals surface area contributed by atoms with E-state index in [4.69, 9.17) is 9.72 Å². The van der Waals surface area contributed by atoms with Crippen LogP contribution in [0.25, 0.3) is 0 Å². The normalized spacial score (nSPS) is 18.3. The number of aromatic nitrogens is 4. The molecule has 0 aliphatic carbocycles. The SMILES string of the molecule is Cc1cnc(OC2CCN(c3ccnc(C(C)(C)C)n3)C2)nc1. The standard InChI is InChI=1S/C17H23N5O/c1-12-9-19-16(20-10-12)23-13-6-8-22(11-13)14-5-7-18-15(21-14)17(2,3)4/h5,7,9-10,13H,6,8,11H2,1-4H3. The lowest BCUT2D eigenvalue weighted by molar-refractivity contribution is 0.206. The van der Waals surface area contributed by atoms with Gasteiger partial charge in [-0.05, 0) is 18.6 Å². The summed E-state index contributed by atoms with van der Waals surface area (Å²) in [6, 6.07) is 2.40. The van der Waals surface area contributed by atoms with E-state index >= 15 is 0 Å². The van der Waals surface area contributed by atoms with Gasteiger partial charge in [-0.15, -0.1) is 0 Å². The van der Waals surface area contributed by atoms with E-state index in [0.29, 0.717) is 6.01 Å². The molecule has 0 spiro atoms. The number of hydrogen-bond donors (Lipinski definition) is 0. The fourth-order valence-corrected chi connectivity index (χ4v) is 2.51. The van der Waals surface area contributed by atoms with Crippen LogP contribution in [0.15, 0.2) is 24.7 Å². The highest BCUT2D eigenvalue weighted by molar-refractivity contribution is 5.39. The van der Waals surface area contributed by atoms with E-state index in [1.807, 2.05) is 19.2 Å². The Bertz CT molecular complexity index is 665. The Hall–Kier alpha value is -2.24. The quantitative estimate of drug-likeness (QED) is 0.867. The number of nitrogens with zero attached hydrogens (tertiary/aromatic N) is 5. The summed E-state index contributed by atoms with van der Waals surface area (Å²) >= 11 is 0. The first kappa shape index (κ1) is 15.6. The monoisotopic (exact) mass is 313 g/mol. The molecule has 122 valence electrons. The molecule has 3 rings (SSSR count). The first-order valence-corrected chi connectivity index (χ1v) is 7.95. The summed E-state index contributed by atoms with van der Waals surface area (Å²) in [5, 5.41) is 0. The van der Waals surface area contributed by atoms with E-state index in [9.17, 15) is 0 Å². The number of anilines is 1. The Morgan fingerprint density at radius 3 is 2.61 bits per heavy atom. The van der Waals surface area contributed by atoms with Gasteiger partial charge in [0, 0.05) is 37.0 Å². The number of rotatable bonds is 3. The minimum absolute atomic E-state index is 0.0542. The molecule has 0 bridgehead atoms. The van der Waals surface area contributed by atoms with E-state index < -0.39 is 0 Å². The largest absolute Gasteiger partial charge is 0.458 e. The van der Waals surface area contributed by atoms with Crippen LogP contribution in [-0.4, -0.2) is 39.1 Å². The number of hydrogen-bond acceptors (Lipinski definition) is 6. The van der Waals surface area contributed by atoms with Crippen LogP contribution in [0.4, 0.5) is 5.82 Å². The van der Waals surface area contributed by atoms with Gasteiger partial charge >= 0.3 is 6.01 Å². The molecule has 0 N–H and O–H groups in total. The van der Waals surface area contributed by atoms with Crippen LogP contribution >= 0.6 is 0 Å². The minimum Gasteiger partial charge on any atom is -0.458 e. The fourth-order valence-electron chi connectivity index (χ4n) is 2.51. The summed E-state index contributed by atoms with van der Waals surface area (Å²) < 4.78 is 5.87. The van der Waals surface area contributed by atoms with Crippen molar-refractivity contribution in [1.82, 2.24) is 19.9 Å². The molecule has 6 heteroatoms. The molecular weight excluding hydrogens is 290 g/mol. The molecule has 23 heavy (non-hydrogen) atoms. The van der Waals surface area contributed by atoms with Gasteiger partial charge in [-0.2, -0.15) is 0 Å². The van der Waals surface area contributed by atoms with Crippen LogP contribution in [0.2, 0.25) is 0 Å². The number of aryl methyl sites for hydroxylation is 1. The van der Waals surface area contributed by atoms with Gasteiger partial charge in [-0.3, -0.25) is 0 Å². The highest BCUT2D eigenvalue weighted by atomic mass is 16.5. The highest BCUT2D eigenvalue weighted by Gasteiger charge is 2.27. The molecule has 0 amide bonds. The second-order valence-electron chi connectivity index (χ2n) is 7.01. The molecule has 1 atom stereocenters. The fraction of sp³-hybridized carbons (Fsp3) is 0.529. The molecule has 6 nitrogen and oxygen atoms in total. The van der Waals surface area contributed by atoms with Gasteiger partial charge < -0.3 is 9.64 Å².